The lowest BCUT2D eigenvalue weighted by Gasteiger charge is -2.12. The van der Waals surface area contributed by atoms with Crippen molar-refractivity contribution in [1.29, 1.82) is 0 Å². The molecule has 5 heteroatoms. The molecule has 1 aromatic carbocycles. The Balaban J connectivity index is 2.46. The molecule has 0 aliphatic heterocycles. The number of aliphatic hydroxyl groups is 1. The summed E-state index contributed by atoms with van der Waals surface area (Å²) < 4.78 is 31.9. The molecule has 0 fully saturated rings. The summed E-state index contributed by atoms with van der Waals surface area (Å²) in [6.07, 6.45) is 0. The van der Waals surface area contributed by atoms with Crippen LogP contribution in [0.25, 0.3) is 0 Å². The quantitative estimate of drug-likeness (QED) is 0.926. The highest BCUT2D eigenvalue weighted by Crippen LogP contribution is 2.29. The molecule has 0 radical (unpaired) electrons. The molecule has 0 aliphatic carbocycles. The fourth-order valence-electron chi connectivity index (χ4n) is 1.77. The van der Waals surface area contributed by atoms with Crippen LogP contribution in [-0.2, 0) is 6.61 Å². The molecule has 1 heterocycles. The van der Waals surface area contributed by atoms with Gasteiger partial charge in [-0.15, -0.1) is 0 Å². The molecular formula is C14H13F2NO2. The van der Waals surface area contributed by atoms with E-state index in [4.69, 9.17) is 4.74 Å². The first-order chi connectivity index (χ1) is 9.02. The van der Waals surface area contributed by atoms with Gasteiger partial charge in [-0.1, -0.05) is 6.07 Å². The summed E-state index contributed by atoms with van der Waals surface area (Å²) in [5.74, 6) is -2.24. The largest absolute Gasteiger partial charge is 0.435 e. The molecule has 0 amide bonds. The Morgan fingerprint density at radius 3 is 2.68 bits per heavy atom. The van der Waals surface area contributed by atoms with Gasteiger partial charge in [0.25, 0.3) is 0 Å². The number of ether oxygens (including phenoxy) is 1. The van der Waals surface area contributed by atoms with Crippen LogP contribution in [0, 0.1) is 25.5 Å². The Morgan fingerprint density at radius 1 is 1.26 bits per heavy atom. The zero-order chi connectivity index (χ0) is 14.0. The molecule has 0 saturated carbocycles. The van der Waals surface area contributed by atoms with Crippen molar-refractivity contribution in [2.75, 3.05) is 0 Å². The SMILES string of the molecule is Cc1cc(C)c(CO)c(Oc2cccc(F)c2F)n1. The Hall–Kier alpha value is -2.01. The third-order valence-corrected chi connectivity index (χ3v) is 2.72. The normalized spacial score (nSPS) is 10.6. The minimum atomic E-state index is -1.08. The molecule has 2 aromatic rings. The van der Waals surface area contributed by atoms with Crippen LogP contribution in [0.4, 0.5) is 8.78 Å². The van der Waals surface area contributed by atoms with Crippen LogP contribution in [0.15, 0.2) is 24.3 Å². The molecule has 0 spiro atoms. The third-order valence-electron chi connectivity index (χ3n) is 2.72. The van der Waals surface area contributed by atoms with Crippen molar-refractivity contribution in [3.8, 4) is 11.6 Å². The molecule has 100 valence electrons. The second-order valence-corrected chi connectivity index (χ2v) is 4.18. The minimum absolute atomic E-state index is 0.0875. The van der Waals surface area contributed by atoms with E-state index in [2.05, 4.69) is 4.98 Å². The lowest BCUT2D eigenvalue weighted by molar-refractivity contribution is 0.273. The number of aryl methyl sites for hydroxylation is 2. The van der Waals surface area contributed by atoms with E-state index in [-0.39, 0.29) is 18.2 Å². The maximum absolute atomic E-state index is 13.5. The summed E-state index contributed by atoms with van der Waals surface area (Å²) in [6.45, 7) is 3.25. The van der Waals surface area contributed by atoms with Gasteiger partial charge in [0.1, 0.15) is 0 Å². The van der Waals surface area contributed by atoms with Crippen molar-refractivity contribution >= 4 is 0 Å². The molecule has 1 N–H and O–H groups in total. The molecule has 0 aliphatic rings. The maximum Gasteiger partial charge on any atom is 0.225 e. The van der Waals surface area contributed by atoms with E-state index in [0.29, 0.717) is 11.3 Å². The van der Waals surface area contributed by atoms with Crippen LogP contribution in [0.1, 0.15) is 16.8 Å². The highest BCUT2D eigenvalue weighted by Gasteiger charge is 2.14. The first kappa shape index (κ1) is 13.4. The number of nitrogens with zero attached hydrogens (tertiary/aromatic N) is 1. The van der Waals surface area contributed by atoms with Gasteiger partial charge in [0.15, 0.2) is 11.6 Å². The molecule has 0 saturated heterocycles. The number of rotatable bonds is 3. The van der Waals surface area contributed by atoms with Gasteiger partial charge in [-0.25, -0.2) is 9.37 Å². The number of pyridine rings is 1. The summed E-state index contributed by atoms with van der Waals surface area (Å²) in [5.41, 5.74) is 1.90. The lowest BCUT2D eigenvalue weighted by atomic mass is 10.1. The number of halogens is 2. The first-order valence-electron chi connectivity index (χ1n) is 5.72. The topological polar surface area (TPSA) is 42.4 Å². The predicted octanol–water partition coefficient (Wildman–Crippen LogP) is 3.26. The van der Waals surface area contributed by atoms with Gasteiger partial charge in [-0.2, -0.15) is 4.39 Å². The Morgan fingerprint density at radius 2 is 2.00 bits per heavy atom. The van der Waals surface area contributed by atoms with E-state index in [1.807, 2.05) is 0 Å². The van der Waals surface area contributed by atoms with Gasteiger partial charge in [0.05, 0.1) is 6.61 Å². The lowest BCUT2D eigenvalue weighted by Crippen LogP contribution is -2.01. The molecule has 2 rings (SSSR count). The number of hydrogen-bond acceptors (Lipinski definition) is 3. The van der Waals surface area contributed by atoms with Crippen LogP contribution in [-0.4, -0.2) is 10.1 Å². The van der Waals surface area contributed by atoms with E-state index in [1.165, 1.54) is 12.1 Å². The van der Waals surface area contributed by atoms with Gasteiger partial charge >= 0.3 is 0 Å². The average molecular weight is 265 g/mol. The highest BCUT2D eigenvalue weighted by atomic mass is 19.2. The molecule has 0 unspecified atom stereocenters. The molecule has 3 nitrogen and oxygen atoms in total. The molecular weight excluding hydrogens is 252 g/mol. The van der Waals surface area contributed by atoms with Crippen LogP contribution in [0.3, 0.4) is 0 Å². The monoisotopic (exact) mass is 265 g/mol. The summed E-state index contributed by atoms with van der Waals surface area (Å²) in [6, 6.07) is 5.43. The fraction of sp³-hybridized carbons (Fsp3) is 0.214. The zero-order valence-corrected chi connectivity index (χ0v) is 10.6. The molecule has 1 aromatic heterocycles. The number of aromatic nitrogens is 1. The number of benzene rings is 1. The highest BCUT2D eigenvalue weighted by molar-refractivity contribution is 5.38. The number of aliphatic hydroxyl groups excluding tert-OH is 1. The second-order valence-electron chi connectivity index (χ2n) is 4.18. The third kappa shape index (κ3) is 2.71. The summed E-state index contributed by atoms with van der Waals surface area (Å²) in [7, 11) is 0. The van der Waals surface area contributed by atoms with Crippen molar-refractivity contribution < 1.29 is 18.6 Å². The molecule has 0 bridgehead atoms. The standard InChI is InChI=1S/C14H13F2NO2/c1-8-6-9(2)17-14(10(8)7-18)19-12-5-3-4-11(15)13(12)16/h3-6,18H,7H2,1-2H3. The summed E-state index contributed by atoms with van der Waals surface area (Å²) >= 11 is 0. The Bertz CT molecular complexity index is 615. The summed E-state index contributed by atoms with van der Waals surface area (Å²) in [4.78, 5) is 4.10. The van der Waals surface area contributed by atoms with Crippen molar-refractivity contribution in [2.24, 2.45) is 0 Å². The predicted molar refractivity (Wildman–Crippen MR) is 66.1 cm³/mol. The van der Waals surface area contributed by atoms with Gasteiger partial charge in [0, 0.05) is 11.3 Å². The summed E-state index contributed by atoms with van der Waals surface area (Å²) in [5, 5.41) is 9.30. The molecule has 19 heavy (non-hydrogen) atoms. The molecule has 0 atom stereocenters. The van der Waals surface area contributed by atoms with E-state index in [9.17, 15) is 13.9 Å². The van der Waals surface area contributed by atoms with Gasteiger partial charge < -0.3 is 9.84 Å². The Kier molecular flexibility index (Phi) is 3.76. The fourth-order valence-corrected chi connectivity index (χ4v) is 1.77. The van der Waals surface area contributed by atoms with Gasteiger partial charge in [-0.05, 0) is 37.6 Å². The van der Waals surface area contributed by atoms with Crippen LogP contribution in [0.5, 0.6) is 11.6 Å². The second kappa shape index (κ2) is 5.32. The van der Waals surface area contributed by atoms with E-state index >= 15 is 0 Å². The first-order valence-corrected chi connectivity index (χ1v) is 5.72. The van der Waals surface area contributed by atoms with E-state index < -0.39 is 11.6 Å². The van der Waals surface area contributed by atoms with Crippen LogP contribution < -0.4 is 4.74 Å². The van der Waals surface area contributed by atoms with Crippen LogP contribution in [0.2, 0.25) is 0 Å². The minimum Gasteiger partial charge on any atom is -0.435 e. The van der Waals surface area contributed by atoms with Crippen molar-refractivity contribution in [3.05, 3.63) is 52.7 Å². The van der Waals surface area contributed by atoms with Crippen molar-refractivity contribution in [2.45, 2.75) is 20.5 Å². The van der Waals surface area contributed by atoms with Crippen molar-refractivity contribution in [1.82, 2.24) is 4.98 Å². The van der Waals surface area contributed by atoms with Crippen LogP contribution >= 0.6 is 0 Å². The van der Waals surface area contributed by atoms with Gasteiger partial charge in [-0.3, -0.25) is 0 Å². The zero-order valence-electron chi connectivity index (χ0n) is 10.6. The van der Waals surface area contributed by atoms with E-state index in [0.717, 1.165) is 11.6 Å². The van der Waals surface area contributed by atoms with Crippen molar-refractivity contribution in [3.63, 3.8) is 0 Å². The Labute approximate surface area is 109 Å². The number of hydrogen-bond donors (Lipinski definition) is 1. The average Bonchev–Trinajstić information content (AvgIpc) is 2.34. The van der Waals surface area contributed by atoms with E-state index in [1.54, 1.807) is 19.9 Å². The smallest absolute Gasteiger partial charge is 0.225 e. The van der Waals surface area contributed by atoms with Gasteiger partial charge in [0.2, 0.25) is 11.7 Å². The maximum atomic E-state index is 13.5.